The number of carbonyl (C=O) groups is 2. The summed E-state index contributed by atoms with van der Waals surface area (Å²) in [7, 11) is 4.19. The number of aliphatic carboxylic acids is 2. The van der Waals surface area contributed by atoms with Crippen LogP contribution in [-0.4, -0.2) is 47.6 Å². The van der Waals surface area contributed by atoms with Gasteiger partial charge in [0, 0.05) is 28.9 Å². The summed E-state index contributed by atoms with van der Waals surface area (Å²) in [6.45, 7) is 1.03. The first kappa shape index (κ1) is 26.0. The molecule has 0 saturated carbocycles. The molecule has 1 atom stereocenters. The fourth-order valence-corrected chi connectivity index (χ4v) is 2.42. The van der Waals surface area contributed by atoms with E-state index in [9.17, 15) is 14.7 Å². The zero-order chi connectivity index (χ0) is 20.2. The number of benzene rings is 1. The molecule has 1 aromatic heterocycles. The van der Waals surface area contributed by atoms with E-state index in [0.29, 0.717) is 18.1 Å². The number of rotatable bonds is 7. The SMILES string of the molecule is CN(C)CCC(c1ccc(Cl)cc1)c1ccccn1.O=C([O-])/C=C\C(=O)O.[Au+]. The second-order valence-corrected chi connectivity index (χ2v) is 6.38. The van der Waals surface area contributed by atoms with Crippen LogP contribution in [0.5, 0.6) is 0 Å². The molecule has 0 fully saturated rings. The Morgan fingerprint density at radius 3 is 2.25 bits per heavy atom. The third kappa shape index (κ3) is 11.0. The molecular weight excluding hydrogens is 565 g/mol. The molecule has 0 spiro atoms. The monoisotopic (exact) mass is 586 g/mol. The van der Waals surface area contributed by atoms with Gasteiger partial charge in [0.25, 0.3) is 0 Å². The molecule has 1 aromatic carbocycles. The average molecular weight is 587 g/mol. The Kier molecular flexibility index (Phi) is 13.1. The van der Waals surface area contributed by atoms with Gasteiger partial charge in [-0.25, -0.2) is 4.79 Å². The first-order valence-electron chi connectivity index (χ1n) is 8.22. The van der Waals surface area contributed by atoms with Crippen molar-refractivity contribution >= 4 is 23.5 Å². The number of halogens is 1. The number of pyridine rings is 1. The van der Waals surface area contributed by atoms with Crippen molar-refractivity contribution < 1.29 is 42.2 Å². The van der Waals surface area contributed by atoms with Gasteiger partial charge in [0.2, 0.25) is 0 Å². The van der Waals surface area contributed by atoms with Crippen molar-refractivity contribution in [2.24, 2.45) is 0 Å². The zero-order valence-electron chi connectivity index (χ0n) is 15.5. The number of carboxylic acids is 2. The molecule has 2 aromatic rings. The fraction of sp³-hybridized carbons (Fsp3) is 0.250. The number of carboxylic acid groups (broad SMARTS) is 2. The average Bonchev–Trinajstić information content (AvgIpc) is 2.63. The third-order valence-electron chi connectivity index (χ3n) is 3.54. The van der Waals surface area contributed by atoms with Gasteiger partial charge in [-0.15, -0.1) is 0 Å². The number of hydrogen-bond donors (Lipinski definition) is 1. The normalized spacial score (nSPS) is 11.3. The maximum atomic E-state index is 9.53. The Balaban J connectivity index is 0.000000694. The Morgan fingerprint density at radius 2 is 1.82 bits per heavy atom. The first-order chi connectivity index (χ1) is 12.8. The summed E-state index contributed by atoms with van der Waals surface area (Å²) in [6.07, 6.45) is 3.84. The second-order valence-electron chi connectivity index (χ2n) is 5.94. The van der Waals surface area contributed by atoms with Gasteiger partial charge in [0.05, 0.1) is 5.97 Å². The molecule has 0 bridgehead atoms. The van der Waals surface area contributed by atoms with Gasteiger partial charge >= 0.3 is 28.3 Å². The van der Waals surface area contributed by atoms with E-state index in [0.717, 1.165) is 23.7 Å². The number of hydrogen-bond acceptors (Lipinski definition) is 5. The van der Waals surface area contributed by atoms with E-state index in [4.69, 9.17) is 16.7 Å². The molecule has 1 heterocycles. The smallest absolute Gasteiger partial charge is 0.545 e. The van der Waals surface area contributed by atoms with E-state index in [1.807, 2.05) is 30.5 Å². The quantitative estimate of drug-likeness (QED) is 0.395. The van der Waals surface area contributed by atoms with E-state index < -0.39 is 11.9 Å². The minimum Gasteiger partial charge on any atom is -0.545 e. The van der Waals surface area contributed by atoms with Crippen LogP contribution in [0.4, 0.5) is 0 Å². The van der Waals surface area contributed by atoms with Crippen LogP contribution < -0.4 is 5.11 Å². The fourth-order valence-electron chi connectivity index (χ4n) is 2.29. The molecule has 1 N–H and O–H groups in total. The summed E-state index contributed by atoms with van der Waals surface area (Å²) in [4.78, 5) is 25.7. The second kappa shape index (κ2) is 14.1. The minimum atomic E-state index is -1.51. The molecule has 0 aliphatic carbocycles. The predicted octanol–water partition coefficient (Wildman–Crippen LogP) is 2.19. The molecular formula is C20H22AuClN2O4. The molecule has 1 unspecified atom stereocenters. The van der Waals surface area contributed by atoms with Crippen LogP contribution in [0, 0.1) is 0 Å². The summed E-state index contributed by atoms with van der Waals surface area (Å²) in [5.74, 6) is -2.48. The summed E-state index contributed by atoms with van der Waals surface area (Å²) in [5.41, 5.74) is 2.39. The minimum absolute atomic E-state index is 0. The van der Waals surface area contributed by atoms with E-state index in [1.54, 1.807) is 0 Å². The van der Waals surface area contributed by atoms with Gasteiger partial charge < -0.3 is 19.9 Å². The molecule has 0 aliphatic rings. The van der Waals surface area contributed by atoms with Gasteiger partial charge in [-0.1, -0.05) is 29.8 Å². The van der Waals surface area contributed by atoms with Crippen LogP contribution in [0.25, 0.3) is 0 Å². The van der Waals surface area contributed by atoms with Crippen molar-refractivity contribution in [2.75, 3.05) is 20.6 Å². The maximum Gasteiger partial charge on any atom is 1.00 e. The molecule has 8 heteroatoms. The van der Waals surface area contributed by atoms with Crippen molar-refractivity contribution in [2.45, 2.75) is 12.3 Å². The van der Waals surface area contributed by atoms with Crippen LogP contribution >= 0.6 is 11.6 Å². The number of carbonyl (C=O) groups excluding carboxylic acids is 1. The van der Waals surface area contributed by atoms with Crippen LogP contribution in [0.1, 0.15) is 23.6 Å². The topological polar surface area (TPSA) is 93.6 Å². The van der Waals surface area contributed by atoms with Crippen LogP contribution in [0.3, 0.4) is 0 Å². The molecule has 28 heavy (non-hydrogen) atoms. The van der Waals surface area contributed by atoms with E-state index >= 15 is 0 Å². The van der Waals surface area contributed by atoms with Gasteiger partial charge in [-0.05, 0) is 63.0 Å². The molecule has 6 nitrogen and oxygen atoms in total. The number of nitrogens with zero attached hydrogens (tertiary/aromatic N) is 2. The molecule has 0 saturated heterocycles. The van der Waals surface area contributed by atoms with Crippen molar-refractivity contribution in [1.29, 1.82) is 0 Å². The molecule has 0 radical (unpaired) electrons. The Bertz CT molecular complexity index is 737. The number of aromatic nitrogens is 1. The third-order valence-corrected chi connectivity index (χ3v) is 3.80. The summed E-state index contributed by atoms with van der Waals surface area (Å²) < 4.78 is 0. The largest absolute Gasteiger partial charge is 1.00 e. The molecule has 154 valence electrons. The van der Waals surface area contributed by atoms with Crippen molar-refractivity contribution in [1.82, 2.24) is 9.88 Å². The first-order valence-corrected chi connectivity index (χ1v) is 8.60. The van der Waals surface area contributed by atoms with E-state index in [2.05, 4.69) is 42.2 Å². The summed E-state index contributed by atoms with van der Waals surface area (Å²) >= 11 is 5.97. The molecule has 0 aliphatic heterocycles. The Morgan fingerprint density at radius 1 is 1.18 bits per heavy atom. The van der Waals surface area contributed by atoms with Gasteiger partial charge in [-0.3, -0.25) is 4.98 Å². The van der Waals surface area contributed by atoms with E-state index in [1.165, 1.54) is 5.56 Å². The van der Waals surface area contributed by atoms with Crippen LogP contribution in [-0.2, 0) is 32.0 Å². The van der Waals surface area contributed by atoms with Gasteiger partial charge in [0.15, 0.2) is 0 Å². The molecule has 2 rings (SSSR count). The van der Waals surface area contributed by atoms with Crippen molar-refractivity contribution in [3.63, 3.8) is 0 Å². The van der Waals surface area contributed by atoms with Crippen molar-refractivity contribution in [3.05, 3.63) is 77.1 Å². The summed E-state index contributed by atoms with van der Waals surface area (Å²) in [6, 6.07) is 14.2. The maximum absolute atomic E-state index is 9.53. The predicted molar refractivity (Wildman–Crippen MR) is 102 cm³/mol. The van der Waals surface area contributed by atoms with E-state index in [-0.39, 0.29) is 22.4 Å². The molecule has 0 amide bonds. The van der Waals surface area contributed by atoms with Crippen LogP contribution in [0.15, 0.2) is 60.8 Å². The van der Waals surface area contributed by atoms with Gasteiger partial charge in [0.1, 0.15) is 0 Å². The Hall–Kier alpha value is -1.96. The standard InChI is InChI=1S/C16H19ClN2.C4H4O4.Au/c1-19(2)12-10-15(16-5-3-4-11-18-16)13-6-8-14(17)9-7-13;5-3(6)1-2-4(7)8;/h3-9,11,15H,10,12H2,1-2H3;1-2H,(H,5,6)(H,7,8);/q;;+1/p-1/b;2-1-;. The zero-order valence-corrected chi connectivity index (χ0v) is 18.4. The van der Waals surface area contributed by atoms with Crippen LogP contribution in [0.2, 0.25) is 5.02 Å². The van der Waals surface area contributed by atoms with Crippen molar-refractivity contribution in [3.8, 4) is 0 Å². The van der Waals surface area contributed by atoms with Gasteiger partial charge in [-0.2, -0.15) is 0 Å². The Labute approximate surface area is 185 Å². The summed E-state index contributed by atoms with van der Waals surface area (Å²) in [5, 5.41) is 18.0.